The molecule has 3 N–H and O–H groups in total. The number of fused-ring (bicyclic) bond motifs is 1. The van der Waals surface area contributed by atoms with Crippen LogP contribution < -0.4 is 10.6 Å². The summed E-state index contributed by atoms with van der Waals surface area (Å²) in [6, 6.07) is 7.33. The number of carbonyl (C=O) groups excluding carboxylic acids is 1. The molecule has 0 aliphatic heterocycles. The van der Waals surface area contributed by atoms with Gasteiger partial charge < -0.3 is 20.2 Å². The van der Waals surface area contributed by atoms with Crippen LogP contribution in [0.3, 0.4) is 0 Å². The topological polar surface area (TPSA) is 74.5 Å². The van der Waals surface area contributed by atoms with Gasteiger partial charge in [0, 0.05) is 17.5 Å². The van der Waals surface area contributed by atoms with Gasteiger partial charge in [0.1, 0.15) is 11.3 Å². The van der Waals surface area contributed by atoms with Crippen LogP contribution >= 0.6 is 0 Å². The fraction of sp³-hybridized carbons (Fsp3) is 0.438. The largest absolute Gasteiger partial charge is 0.459 e. The average molecular weight is 290 g/mol. The fourth-order valence-corrected chi connectivity index (χ4v) is 2.39. The van der Waals surface area contributed by atoms with E-state index in [1.165, 1.54) is 0 Å². The zero-order valence-electron chi connectivity index (χ0n) is 12.6. The van der Waals surface area contributed by atoms with Crippen LogP contribution in [0.25, 0.3) is 11.0 Å². The second kappa shape index (κ2) is 6.63. The van der Waals surface area contributed by atoms with Crippen molar-refractivity contribution < 1.29 is 14.3 Å². The van der Waals surface area contributed by atoms with Crippen LogP contribution in [0.5, 0.6) is 0 Å². The van der Waals surface area contributed by atoms with Crippen LogP contribution in [-0.4, -0.2) is 24.3 Å². The standard InChI is InChI=1S/C16H22N2O3/c1-10(2)14(18-16(20)17-8-9-19)15-11(3)12-6-4-5-7-13(12)21-15/h4-7,10,14,19H,8-9H2,1-3H3,(H2,17,18,20). The number of amides is 2. The molecular weight excluding hydrogens is 268 g/mol. The van der Waals surface area contributed by atoms with E-state index in [9.17, 15) is 4.79 Å². The molecule has 21 heavy (non-hydrogen) atoms. The van der Waals surface area contributed by atoms with Gasteiger partial charge in [0.25, 0.3) is 0 Å². The number of urea groups is 1. The molecule has 114 valence electrons. The Morgan fingerprint density at radius 2 is 2.05 bits per heavy atom. The van der Waals surface area contributed by atoms with Gasteiger partial charge in [-0.2, -0.15) is 0 Å². The molecule has 0 fully saturated rings. The number of aliphatic hydroxyl groups is 1. The number of benzene rings is 1. The van der Waals surface area contributed by atoms with Crippen molar-refractivity contribution in [3.63, 3.8) is 0 Å². The first-order valence-electron chi connectivity index (χ1n) is 7.17. The van der Waals surface area contributed by atoms with Crippen molar-refractivity contribution in [2.45, 2.75) is 26.8 Å². The zero-order valence-corrected chi connectivity index (χ0v) is 12.6. The van der Waals surface area contributed by atoms with E-state index in [0.717, 1.165) is 22.3 Å². The molecule has 1 heterocycles. The number of carbonyl (C=O) groups is 1. The summed E-state index contributed by atoms with van der Waals surface area (Å²) in [5.41, 5.74) is 1.87. The number of aliphatic hydroxyl groups excluding tert-OH is 1. The highest BCUT2D eigenvalue weighted by Crippen LogP contribution is 2.32. The van der Waals surface area contributed by atoms with Gasteiger partial charge in [-0.1, -0.05) is 32.0 Å². The molecule has 1 aromatic carbocycles. The van der Waals surface area contributed by atoms with Crippen LogP contribution in [0.4, 0.5) is 4.79 Å². The number of para-hydroxylation sites is 1. The lowest BCUT2D eigenvalue weighted by atomic mass is 9.98. The number of hydrogen-bond acceptors (Lipinski definition) is 3. The Morgan fingerprint density at radius 1 is 1.33 bits per heavy atom. The van der Waals surface area contributed by atoms with Crippen molar-refractivity contribution in [1.82, 2.24) is 10.6 Å². The van der Waals surface area contributed by atoms with E-state index in [4.69, 9.17) is 9.52 Å². The Kier molecular flexibility index (Phi) is 4.85. The average Bonchev–Trinajstić information content (AvgIpc) is 2.80. The molecule has 0 radical (unpaired) electrons. The summed E-state index contributed by atoms with van der Waals surface area (Å²) in [7, 11) is 0. The summed E-state index contributed by atoms with van der Waals surface area (Å²) in [6.07, 6.45) is 0. The van der Waals surface area contributed by atoms with E-state index in [-0.39, 0.29) is 31.1 Å². The molecule has 0 saturated carbocycles. The lowest BCUT2D eigenvalue weighted by molar-refractivity contribution is 0.224. The monoisotopic (exact) mass is 290 g/mol. The van der Waals surface area contributed by atoms with Crippen LogP contribution in [0, 0.1) is 12.8 Å². The van der Waals surface area contributed by atoms with Gasteiger partial charge in [0.2, 0.25) is 0 Å². The molecule has 2 amide bonds. The molecule has 2 rings (SSSR count). The smallest absolute Gasteiger partial charge is 0.315 e. The molecule has 1 unspecified atom stereocenters. The molecule has 5 nitrogen and oxygen atoms in total. The summed E-state index contributed by atoms with van der Waals surface area (Å²) < 4.78 is 5.94. The number of nitrogens with one attached hydrogen (secondary N) is 2. The van der Waals surface area contributed by atoms with Crippen molar-refractivity contribution in [2.24, 2.45) is 5.92 Å². The minimum atomic E-state index is -0.303. The highest BCUT2D eigenvalue weighted by Gasteiger charge is 2.24. The molecule has 0 bridgehead atoms. The van der Waals surface area contributed by atoms with E-state index in [1.54, 1.807) is 0 Å². The second-order valence-electron chi connectivity index (χ2n) is 5.43. The summed E-state index contributed by atoms with van der Waals surface area (Å²) in [6.45, 7) is 6.22. The van der Waals surface area contributed by atoms with Crippen LogP contribution in [0.15, 0.2) is 28.7 Å². The van der Waals surface area contributed by atoms with Crippen molar-refractivity contribution >= 4 is 17.0 Å². The van der Waals surface area contributed by atoms with Crippen molar-refractivity contribution in [3.05, 3.63) is 35.6 Å². The predicted octanol–water partition coefficient (Wildman–Crippen LogP) is 2.73. The van der Waals surface area contributed by atoms with Gasteiger partial charge in [0.05, 0.1) is 12.6 Å². The molecule has 1 aromatic heterocycles. The van der Waals surface area contributed by atoms with E-state index < -0.39 is 0 Å². The Labute approximate surface area is 124 Å². The minimum absolute atomic E-state index is 0.0799. The van der Waals surface area contributed by atoms with Crippen LogP contribution in [0.2, 0.25) is 0 Å². The molecule has 0 spiro atoms. The van der Waals surface area contributed by atoms with Gasteiger partial charge in [-0.25, -0.2) is 4.79 Å². The first-order valence-corrected chi connectivity index (χ1v) is 7.17. The first kappa shape index (κ1) is 15.4. The van der Waals surface area contributed by atoms with E-state index >= 15 is 0 Å². The Morgan fingerprint density at radius 3 is 2.67 bits per heavy atom. The Bertz CT molecular complexity index is 619. The number of rotatable bonds is 5. The van der Waals surface area contributed by atoms with Crippen LogP contribution in [-0.2, 0) is 0 Å². The summed E-state index contributed by atoms with van der Waals surface area (Å²) in [5, 5.41) is 15.3. The molecule has 5 heteroatoms. The van der Waals surface area contributed by atoms with Gasteiger partial charge in [-0.05, 0) is 18.9 Å². The highest BCUT2D eigenvalue weighted by atomic mass is 16.3. The number of hydrogen-bond donors (Lipinski definition) is 3. The maximum absolute atomic E-state index is 11.8. The molecule has 0 aliphatic rings. The SMILES string of the molecule is Cc1c(C(NC(=O)NCCO)C(C)C)oc2ccccc12. The fourth-order valence-electron chi connectivity index (χ4n) is 2.39. The first-order chi connectivity index (χ1) is 10.0. The Balaban J connectivity index is 2.28. The summed E-state index contributed by atoms with van der Waals surface area (Å²) in [4.78, 5) is 11.8. The van der Waals surface area contributed by atoms with Crippen LogP contribution in [0.1, 0.15) is 31.2 Å². The molecule has 1 atom stereocenters. The lowest BCUT2D eigenvalue weighted by Gasteiger charge is -2.21. The highest BCUT2D eigenvalue weighted by molar-refractivity contribution is 5.82. The minimum Gasteiger partial charge on any atom is -0.459 e. The quantitative estimate of drug-likeness (QED) is 0.792. The van der Waals surface area contributed by atoms with E-state index in [1.807, 2.05) is 45.0 Å². The third kappa shape index (κ3) is 3.36. The zero-order chi connectivity index (χ0) is 15.4. The third-order valence-electron chi connectivity index (χ3n) is 3.51. The molecule has 0 saturated heterocycles. The van der Waals surface area contributed by atoms with Gasteiger partial charge >= 0.3 is 6.03 Å². The number of furan rings is 1. The summed E-state index contributed by atoms with van der Waals surface area (Å²) in [5.74, 6) is 0.967. The van der Waals surface area contributed by atoms with Crippen molar-refractivity contribution in [1.29, 1.82) is 0 Å². The Hall–Kier alpha value is -2.01. The molecule has 0 aliphatic carbocycles. The predicted molar refractivity (Wildman–Crippen MR) is 82.2 cm³/mol. The van der Waals surface area contributed by atoms with Gasteiger partial charge in [-0.15, -0.1) is 0 Å². The van der Waals surface area contributed by atoms with Gasteiger partial charge in [0.15, 0.2) is 0 Å². The molecule has 2 aromatic rings. The van der Waals surface area contributed by atoms with E-state index in [2.05, 4.69) is 10.6 Å². The molecular formula is C16H22N2O3. The normalized spacial score (nSPS) is 12.6. The maximum Gasteiger partial charge on any atom is 0.315 e. The maximum atomic E-state index is 11.8. The lowest BCUT2D eigenvalue weighted by Crippen LogP contribution is -2.40. The van der Waals surface area contributed by atoms with E-state index in [0.29, 0.717) is 0 Å². The van der Waals surface area contributed by atoms with Gasteiger partial charge in [-0.3, -0.25) is 0 Å². The second-order valence-corrected chi connectivity index (χ2v) is 5.43. The van der Waals surface area contributed by atoms with Crippen molar-refractivity contribution in [3.8, 4) is 0 Å². The number of aryl methyl sites for hydroxylation is 1. The summed E-state index contributed by atoms with van der Waals surface area (Å²) >= 11 is 0. The van der Waals surface area contributed by atoms with Crippen molar-refractivity contribution in [2.75, 3.05) is 13.2 Å². The third-order valence-corrected chi connectivity index (χ3v) is 3.51.